The Labute approximate surface area is 118 Å². The van der Waals surface area contributed by atoms with Crippen LogP contribution < -0.4 is 11.1 Å². The molecule has 0 saturated heterocycles. The monoisotopic (exact) mass is 295 g/mol. The van der Waals surface area contributed by atoms with E-state index >= 15 is 0 Å². The SMILES string of the molecule is Cc1ncsc1C(=O)Nc1ccc(C(N)=S)cc1F. The number of thiazole rings is 1. The van der Waals surface area contributed by atoms with Crippen LogP contribution >= 0.6 is 23.6 Å². The highest BCUT2D eigenvalue weighted by atomic mass is 32.1. The van der Waals surface area contributed by atoms with E-state index in [4.69, 9.17) is 18.0 Å². The summed E-state index contributed by atoms with van der Waals surface area (Å²) in [6, 6.07) is 4.18. The van der Waals surface area contributed by atoms with Gasteiger partial charge in [0.25, 0.3) is 5.91 Å². The molecule has 7 heteroatoms. The Balaban J connectivity index is 2.23. The number of carbonyl (C=O) groups excluding carboxylic acids is 1. The van der Waals surface area contributed by atoms with Crippen LogP contribution in [0.25, 0.3) is 0 Å². The Bertz CT molecular complexity index is 654. The van der Waals surface area contributed by atoms with Gasteiger partial charge in [0.15, 0.2) is 0 Å². The molecular formula is C12H10FN3OS2. The molecule has 0 unspecified atom stereocenters. The van der Waals surface area contributed by atoms with Gasteiger partial charge in [-0.25, -0.2) is 9.37 Å². The topological polar surface area (TPSA) is 68.0 Å². The third-order valence-corrected chi connectivity index (χ3v) is 3.62. The summed E-state index contributed by atoms with van der Waals surface area (Å²) < 4.78 is 13.8. The number of thiocarbonyl (C=S) groups is 1. The lowest BCUT2D eigenvalue weighted by atomic mass is 10.2. The Morgan fingerprint density at radius 2 is 2.26 bits per heavy atom. The van der Waals surface area contributed by atoms with Crippen molar-refractivity contribution in [1.29, 1.82) is 0 Å². The van der Waals surface area contributed by atoms with Crippen molar-refractivity contribution < 1.29 is 9.18 Å². The maximum atomic E-state index is 13.8. The molecule has 0 bridgehead atoms. The summed E-state index contributed by atoms with van der Waals surface area (Å²) in [5.41, 5.74) is 8.08. The predicted molar refractivity (Wildman–Crippen MR) is 77.1 cm³/mol. The number of hydrogen-bond acceptors (Lipinski definition) is 4. The van der Waals surface area contributed by atoms with E-state index in [0.717, 1.165) is 0 Å². The number of nitrogens with zero attached hydrogens (tertiary/aromatic N) is 1. The van der Waals surface area contributed by atoms with Crippen LogP contribution in [0.4, 0.5) is 10.1 Å². The van der Waals surface area contributed by atoms with Gasteiger partial charge < -0.3 is 11.1 Å². The maximum Gasteiger partial charge on any atom is 0.267 e. The van der Waals surface area contributed by atoms with E-state index in [1.54, 1.807) is 18.5 Å². The lowest BCUT2D eigenvalue weighted by Crippen LogP contribution is -2.14. The second kappa shape index (κ2) is 5.41. The van der Waals surface area contributed by atoms with Crippen molar-refractivity contribution in [2.75, 3.05) is 5.32 Å². The molecule has 0 aliphatic carbocycles. The minimum Gasteiger partial charge on any atom is -0.389 e. The first-order valence-corrected chi connectivity index (χ1v) is 6.58. The number of aryl methyl sites for hydroxylation is 1. The number of nitrogens with two attached hydrogens (primary N) is 1. The quantitative estimate of drug-likeness (QED) is 0.854. The molecule has 1 aromatic carbocycles. The number of aromatic nitrogens is 1. The van der Waals surface area contributed by atoms with E-state index in [9.17, 15) is 9.18 Å². The molecule has 0 fully saturated rings. The Kier molecular flexibility index (Phi) is 3.87. The molecular weight excluding hydrogens is 285 g/mol. The molecule has 0 atom stereocenters. The fourth-order valence-corrected chi connectivity index (χ4v) is 2.29. The second-order valence-corrected chi connectivity index (χ2v) is 5.07. The summed E-state index contributed by atoms with van der Waals surface area (Å²) in [4.78, 5) is 16.4. The first-order chi connectivity index (χ1) is 8.99. The third-order valence-electron chi connectivity index (χ3n) is 2.45. The van der Waals surface area contributed by atoms with Gasteiger partial charge in [0.2, 0.25) is 0 Å². The van der Waals surface area contributed by atoms with Crippen LogP contribution in [0.2, 0.25) is 0 Å². The van der Waals surface area contributed by atoms with E-state index < -0.39 is 5.82 Å². The van der Waals surface area contributed by atoms with Crippen molar-refractivity contribution in [2.45, 2.75) is 6.92 Å². The lowest BCUT2D eigenvalue weighted by molar-refractivity contribution is 0.102. The van der Waals surface area contributed by atoms with Crippen molar-refractivity contribution in [3.05, 3.63) is 45.7 Å². The van der Waals surface area contributed by atoms with Crippen molar-refractivity contribution in [2.24, 2.45) is 5.73 Å². The van der Waals surface area contributed by atoms with Crippen molar-refractivity contribution in [3.63, 3.8) is 0 Å². The van der Waals surface area contributed by atoms with Crippen LogP contribution in [0.15, 0.2) is 23.7 Å². The van der Waals surface area contributed by atoms with E-state index in [1.165, 1.54) is 23.5 Å². The van der Waals surface area contributed by atoms with Gasteiger partial charge >= 0.3 is 0 Å². The number of anilines is 1. The summed E-state index contributed by atoms with van der Waals surface area (Å²) in [7, 11) is 0. The number of halogens is 1. The number of carbonyl (C=O) groups is 1. The second-order valence-electron chi connectivity index (χ2n) is 3.78. The number of amides is 1. The van der Waals surface area contributed by atoms with E-state index in [2.05, 4.69) is 10.3 Å². The molecule has 3 N–H and O–H groups in total. The molecule has 1 heterocycles. The minimum atomic E-state index is -0.583. The van der Waals surface area contributed by atoms with Gasteiger partial charge in [-0.05, 0) is 25.1 Å². The normalized spacial score (nSPS) is 10.2. The van der Waals surface area contributed by atoms with E-state index in [1.807, 2.05) is 0 Å². The van der Waals surface area contributed by atoms with Crippen LogP contribution in [-0.2, 0) is 0 Å². The van der Waals surface area contributed by atoms with Crippen molar-refractivity contribution in [1.82, 2.24) is 4.98 Å². The van der Waals surface area contributed by atoms with Crippen LogP contribution in [0.5, 0.6) is 0 Å². The molecule has 4 nitrogen and oxygen atoms in total. The molecule has 1 aromatic heterocycles. The molecule has 0 aliphatic heterocycles. The number of hydrogen-bond donors (Lipinski definition) is 2. The Morgan fingerprint density at radius 1 is 1.53 bits per heavy atom. The molecule has 19 heavy (non-hydrogen) atoms. The van der Waals surface area contributed by atoms with Gasteiger partial charge in [-0.15, -0.1) is 11.3 Å². The molecule has 98 valence electrons. The van der Waals surface area contributed by atoms with E-state index in [-0.39, 0.29) is 16.6 Å². The van der Waals surface area contributed by atoms with E-state index in [0.29, 0.717) is 16.1 Å². The average molecular weight is 295 g/mol. The van der Waals surface area contributed by atoms with Gasteiger partial charge in [0.1, 0.15) is 15.7 Å². The fourth-order valence-electron chi connectivity index (χ4n) is 1.47. The highest BCUT2D eigenvalue weighted by molar-refractivity contribution is 7.80. The fraction of sp³-hybridized carbons (Fsp3) is 0.0833. The summed E-state index contributed by atoms with van der Waals surface area (Å²) >= 11 is 5.96. The van der Waals surface area contributed by atoms with Crippen LogP contribution in [0, 0.1) is 12.7 Å². The summed E-state index contributed by atoms with van der Waals surface area (Å²) in [6.45, 7) is 1.72. The molecule has 0 aliphatic rings. The number of benzene rings is 1. The number of rotatable bonds is 3. The Hall–Kier alpha value is -1.86. The molecule has 2 aromatic rings. The molecule has 1 amide bonds. The minimum absolute atomic E-state index is 0.0813. The smallest absolute Gasteiger partial charge is 0.267 e. The maximum absolute atomic E-state index is 13.8. The zero-order chi connectivity index (χ0) is 14.0. The van der Waals surface area contributed by atoms with Gasteiger partial charge in [-0.1, -0.05) is 12.2 Å². The Morgan fingerprint density at radius 3 is 2.79 bits per heavy atom. The summed E-state index contributed by atoms with van der Waals surface area (Å²) in [5.74, 6) is -0.970. The zero-order valence-corrected chi connectivity index (χ0v) is 11.6. The van der Waals surface area contributed by atoms with Crippen LogP contribution in [0.3, 0.4) is 0 Å². The van der Waals surface area contributed by atoms with Gasteiger partial charge in [0, 0.05) is 5.56 Å². The summed E-state index contributed by atoms with van der Waals surface area (Å²) in [5, 5.41) is 2.49. The zero-order valence-electron chi connectivity index (χ0n) is 9.94. The first-order valence-electron chi connectivity index (χ1n) is 5.30. The van der Waals surface area contributed by atoms with Crippen molar-refractivity contribution in [3.8, 4) is 0 Å². The van der Waals surface area contributed by atoms with Gasteiger partial charge in [-0.3, -0.25) is 4.79 Å². The standard InChI is InChI=1S/C12H10FN3OS2/c1-6-10(19-5-15-6)12(17)16-9-3-2-7(11(14)18)4-8(9)13/h2-5H,1H3,(H2,14,18)(H,16,17). The summed E-state index contributed by atoms with van der Waals surface area (Å²) in [6.07, 6.45) is 0. The molecule has 0 saturated carbocycles. The average Bonchev–Trinajstić information content (AvgIpc) is 2.77. The largest absolute Gasteiger partial charge is 0.389 e. The van der Waals surface area contributed by atoms with Crippen molar-refractivity contribution >= 4 is 40.1 Å². The molecule has 0 radical (unpaired) electrons. The van der Waals surface area contributed by atoms with Gasteiger partial charge in [-0.2, -0.15) is 0 Å². The first kappa shape index (κ1) is 13.6. The molecule has 2 rings (SSSR count). The van der Waals surface area contributed by atoms with Gasteiger partial charge in [0.05, 0.1) is 16.9 Å². The van der Waals surface area contributed by atoms with Crippen LogP contribution in [-0.4, -0.2) is 15.9 Å². The lowest BCUT2D eigenvalue weighted by Gasteiger charge is -2.07. The highest BCUT2D eigenvalue weighted by Crippen LogP contribution is 2.19. The van der Waals surface area contributed by atoms with Crippen LogP contribution in [0.1, 0.15) is 20.9 Å². The number of nitrogens with one attached hydrogen (secondary N) is 1. The highest BCUT2D eigenvalue weighted by Gasteiger charge is 2.14. The third kappa shape index (κ3) is 2.94. The predicted octanol–water partition coefficient (Wildman–Crippen LogP) is 2.48. The molecule has 0 spiro atoms.